The lowest BCUT2D eigenvalue weighted by Gasteiger charge is -2.48. The molecule has 2 aromatic rings. The maximum Gasteiger partial charge on any atom is 0.289 e. The Balaban J connectivity index is 1.30. The van der Waals surface area contributed by atoms with Crippen LogP contribution >= 0.6 is 0 Å². The molecular weight excluding hydrogens is 382 g/mol. The zero-order chi connectivity index (χ0) is 21.0. The quantitative estimate of drug-likeness (QED) is 0.814. The van der Waals surface area contributed by atoms with Gasteiger partial charge in [-0.15, -0.1) is 0 Å². The summed E-state index contributed by atoms with van der Waals surface area (Å²) in [6.45, 7) is 3.12. The minimum absolute atomic E-state index is 0.0639. The molecule has 2 aliphatic rings. The summed E-state index contributed by atoms with van der Waals surface area (Å²) in [6, 6.07) is 13.5. The van der Waals surface area contributed by atoms with Crippen molar-refractivity contribution in [3.63, 3.8) is 0 Å². The lowest BCUT2D eigenvalue weighted by atomic mass is 9.88. The summed E-state index contributed by atoms with van der Waals surface area (Å²) in [5.74, 6) is 0.212. The van der Waals surface area contributed by atoms with Gasteiger partial charge in [0.25, 0.3) is 11.8 Å². The molecule has 1 aromatic heterocycles. The fourth-order valence-electron chi connectivity index (χ4n) is 4.39. The minimum atomic E-state index is -0.494. The smallest absolute Gasteiger partial charge is 0.289 e. The van der Waals surface area contributed by atoms with Gasteiger partial charge >= 0.3 is 0 Å². The van der Waals surface area contributed by atoms with E-state index in [-0.39, 0.29) is 11.8 Å². The number of hydrogen-bond acceptors (Lipinski definition) is 5. The molecule has 1 atom stereocenters. The molecule has 3 heterocycles. The Labute approximate surface area is 177 Å². The summed E-state index contributed by atoms with van der Waals surface area (Å²) < 4.78 is 11.6. The summed E-state index contributed by atoms with van der Waals surface area (Å²) in [6.07, 6.45) is 3.23. The van der Waals surface area contributed by atoms with E-state index >= 15 is 0 Å². The average molecular weight is 412 g/mol. The number of ether oxygens (including phenoxy) is 1. The van der Waals surface area contributed by atoms with Gasteiger partial charge in [0.2, 0.25) is 0 Å². The van der Waals surface area contributed by atoms with Crippen LogP contribution in [0, 0.1) is 0 Å². The molecule has 4 rings (SSSR count). The third kappa shape index (κ3) is 4.74. The lowest BCUT2D eigenvalue weighted by Crippen LogP contribution is -2.61. The molecule has 7 nitrogen and oxygen atoms in total. The average Bonchev–Trinajstić information content (AvgIpc) is 3.29. The predicted octanol–water partition coefficient (Wildman–Crippen LogP) is 1.94. The second-order valence-electron chi connectivity index (χ2n) is 8.28. The highest BCUT2D eigenvalue weighted by molar-refractivity contribution is 5.91. The van der Waals surface area contributed by atoms with E-state index in [1.54, 1.807) is 17.0 Å². The number of likely N-dealkylation sites (N-methyl/N-ethyl adjacent to an activating group) is 1. The van der Waals surface area contributed by atoms with Crippen LogP contribution in [0.25, 0.3) is 0 Å². The zero-order valence-electron chi connectivity index (χ0n) is 17.4. The topological polar surface area (TPSA) is 75.0 Å². The molecule has 0 saturated carbocycles. The monoisotopic (exact) mass is 411 g/mol. The molecule has 2 fully saturated rings. The molecule has 30 heavy (non-hydrogen) atoms. The van der Waals surface area contributed by atoms with Crippen molar-refractivity contribution in [1.82, 2.24) is 15.1 Å². The summed E-state index contributed by atoms with van der Waals surface area (Å²) in [5, 5.41) is 3.02. The van der Waals surface area contributed by atoms with Crippen LogP contribution in [0.2, 0.25) is 0 Å². The molecule has 1 N–H and O–H groups in total. The number of likely N-dealkylation sites (tertiary alicyclic amines) is 1. The first-order chi connectivity index (χ1) is 14.5. The van der Waals surface area contributed by atoms with Crippen LogP contribution in [-0.2, 0) is 16.0 Å². The fourth-order valence-corrected chi connectivity index (χ4v) is 4.39. The number of nitrogens with zero attached hydrogens (tertiary/aromatic N) is 2. The molecule has 160 valence electrons. The summed E-state index contributed by atoms with van der Waals surface area (Å²) in [7, 11) is 2.02. The molecule has 0 radical (unpaired) electrons. The summed E-state index contributed by atoms with van der Waals surface area (Å²) >= 11 is 0. The van der Waals surface area contributed by atoms with Crippen LogP contribution in [0.3, 0.4) is 0 Å². The van der Waals surface area contributed by atoms with Crippen LogP contribution in [0.15, 0.2) is 53.1 Å². The lowest BCUT2D eigenvalue weighted by molar-refractivity contribution is -0.180. The zero-order valence-corrected chi connectivity index (χ0v) is 17.4. The van der Waals surface area contributed by atoms with Crippen molar-refractivity contribution < 1.29 is 18.7 Å². The van der Waals surface area contributed by atoms with Gasteiger partial charge in [-0.05, 0) is 44.0 Å². The van der Waals surface area contributed by atoms with Crippen molar-refractivity contribution in [3.8, 4) is 0 Å². The Morgan fingerprint density at radius 3 is 2.60 bits per heavy atom. The van der Waals surface area contributed by atoms with Crippen LogP contribution in [0.5, 0.6) is 0 Å². The molecule has 2 aliphatic heterocycles. The number of nitrogens with one attached hydrogen (secondary N) is 1. The Morgan fingerprint density at radius 2 is 1.90 bits per heavy atom. The highest BCUT2D eigenvalue weighted by atomic mass is 16.5. The molecule has 0 bridgehead atoms. The molecule has 0 unspecified atom stereocenters. The molecule has 0 aliphatic carbocycles. The van der Waals surface area contributed by atoms with Gasteiger partial charge in [0, 0.05) is 32.7 Å². The van der Waals surface area contributed by atoms with E-state index in [1.807, 2.05) is 25.2 Å². The predicted molar refractivity (Wildman–Crippen MR) is 112 cm³/mol. The van der Waals surface area contributed by atoms with Gasteiger partial charge in [-0.25, -0.2) is 0 Å². The number of morpholine rings is 1. The minimum Gasteiger partial charge on any atom is -0.459 e. The number of piperidine rings is 1. The molecule has 7 heteroatoms. The highest BCUT2D eigenvalue weighted by Crippen LogP contribution is 2.32. The van der Waals surface area contributed by atoms with E-state index in [4.69, 9.17) is 9.15 Å². The fraction of sp³-hybridized carbons (Fsp3) is 0.478. The second kappa shape index (κ2) is 9.02. The maximum absolute atomic E-state index is 12.7. The molecular formula is C23H29N3O4. The Morgan fingerprint density at radius 1 is 1.13 bits per heavy atom. The molecule has 2 amide bonds. The number of hydrogen-bond donors (Lipinski definition) is 1. The van der Waals surface area contributed by atoms with Crippen molar-refractivity contribution in [2.45, 2.75) is 31.0 Å². The van der Waals surface area contributed by atoms with Gasteiger partial charge in [-0.3, -0.25) is 9.59 Å². The van der Waals surface area contributed by atoms with E-state index in [0.717, 1.165) is 13.0 Å². The summed E-state index contributed by atoms with van der Waals surface area (Å²) in [5.41, 5.74) is 0.804. The van der Waals surface area contributed by atoms with Crippen LogP contribution < -0.4 is 5.32 Å². The largest absolute Gasteiger partial charge is 0.459 e. The van der Waals surface area contributed by atoms with Gasteiger partial charge in [-0.1, -0.05) is 30.3 Å². The van der Waals surface area contributed by atoms with Crippen molar-refractivity contribution in [1.29, 1.82) is 0 Å². The standard InChI is InChI=1S/C23H29N3O4/c1-25-16-20(21(27)24-12-9-18-6-3-2-4-7-18)30-23(17-25)10-13-26(14-11-23)22(28)19-8-5-15-29-19/h2-8,15,20H,9-14,16-17H2,1H3,(H,24,27)/t20-/m0/s1. The molecule has 2 saturated heterocycles. The first-order valence-electron chi connectivity index (χ1n) is 10.6. The van der Waals surface area contributed by atoms with Crippen LogP contribution in [0.1, 0.15) is 29.0 Å². The number of benzene rings is 1. The van der Waals surface area contributed by atoms with E-state index in [1.165, 1.54) is 11.8 Å². The van der Waals surface area contributed by atoms with Gasteiger partial charge in [0.15, 0.2) is 5.76 Å². The van der Waals surface area contributed by atoms with Crippen molar-refractivity contribution >= 4 is 11.8 Å². The first kappa shape index (κ1) is 20.6. The molecule has 1 aromatic carbocycles. The van der Waals surface area contributed by atoms with Crippen LogP contribution in [-0.4, -0.2) is 73.1 Å². The number of furan rings is 1. The Hall–Kier alpha value is -2.64. The van der Waals surface area contributed by atoms with Crippen molar-refractivity contribution in [3.05, 3.63) is 60.1 Å². The molecule has 1 spiro atoms. The van der Waals surface area contributed by atoms with Crippen LogP contribution in [0.4, 0.5) is 0 Å². The number of carbonyl (C=O) groups excluding carboxylic acids is 2. The third-order valence-electron chi connectivity index (χ3n) is 5.97. The Kier molecular flexibility index (Phi) is 6.20. The SMILES string of the molecule is CN1C[C@@H](C(=O)NCCc2ccccc2)OC2(CCN(C(=O)c3ccco3)CC2)C1. The van der Waals surface area contributed by atoms with E-state index < -0.39 is 11.7 Å². The van der Waals surface area contributed by atoms with Crippen molar-refractivity contribution in [2.75, 3.05) is 39.8 Å². The number of amides is 2. The van der Waals surface area contributed by atoms with Gasteiger partial charge in [0.05, 0.1) is 11.9 Å². The Bertz CT molecular complexity index is 845. The third-order valence-corrected chi connectivity index (χ3v) is 5.97. The highest BCUT2D eigenvalue weighted by Gasteiger charge is 2.44. The maximum atomic E-state index is 12.7. The van der Waals surface area contributed by atoms with Crippen molar-refractivity contribution in [2.24, 2.45) is 0 Å². The number of rotatable bonds is 5. The second-order valence-corrected chi connectivity index (χ2v) is 8.28. The van der Waals surface area contributed by atoms with E-state index in [9.17, 15) is 9.59 Å². The van der Waals surface area contributed by atoms with Gasteiger partial charge in [-0.2, -0.15) is 0 Å². The summed E-state index contributed by atoms with van der Waals surface area (Å²) in [4.78, 5) is 29.2. The number of carbonyl (C=O) groups is 2. The van der Waals surface area contributed by atoms with Gasteiger partial charge < -0.3 is 24.3 Å². The van der Waals surface area contributed by atoms with E-state index in [2.05, 4.69) is 22.3 Å². The normalized spacial score (nSPS) is 21.5. The van der Waals surface area contributed by atoms with E-state index in [0.29, 0.717) is 44.8 Å². The van der Waals surface area contributed by atoms with Gasteiger partial charge in [0.1, 0.15) is 6.10 Å². The first-order valence-corrected chi connectivity index (χ1v) is 10.6.